The number of methoxy groups -OCH3 is 2. The van der Waals surface area contributed by atoms with Crippen LogP contribution in [0.1, 0.15) is 29.7 Å². The standard InChI is InChI=1S/C27H31ClN2O2/c1-27(18-20-9-14-24(31-2)25(17-20)32-3)19-30(16-15-29-27)26(21-7-5-4-6-8-21)22-10-12-23(28)13-11-22/h4-14,17,26,29H,15-16,18-19H2,1-3H3. The molecule has 1 aliphatic rings. The van der Waals surface area contributed by atoms with E-state index in [1.807, 2.05) is 18.2 Å². The van der Waals surface area contributed by atoms with Gasteiger partial charge in [-0.3, -0.25) is 4.90 Å². The Morgan fingerprint density at radius 2 is 1.62 bits per heavy atom. The summed E-state index contributed by atoms with van der Waals surface area (Å²) in [6, 6.07) is 25.4. The molecular formula is C27H31ClN2O2. The maximum atomic E-state index is 6.19. The molecule has 1 fully saturated rings. The summed E-state index contributed by atoms with van der Waals surface area (Å²) in [4.78, 5) is 2.58. The molecule has 0 aliphatic carbocycles. The molecule has 1 N–H and O–H groups in total. The van der Waals surface area contributed by atoms with Crippen molar-refractivity contribution in [2.24, 2.45) is 0 Å². The van der Waals surface area contributed by atoms with Gasteiger partial charge in [-0.25, -0.2) is 0 Å². The molecule has 2 unspecified atom stereocenters. The minimum absolute atomic E-state index is 0.0721. The van der Waals surface area contributed by atoms with Crippen molar-refractivity contribution in [1.29, 1.82) is 0 Å². The predicted octanol–water partition coefficient (Wildman–Crippen LogP) is 5.35. The minimum atomic E-state index is -0.0721. The van der Waals surface area contributed by atoms with Gasteiger partial charge < -0.3 is 14.8 Å². The first-order valence-corrected chi connectivity index (χ1v) is 11.4. The van der Waals surface area contributed by atoms with Crippen LogP contribution in [0.15, 0.2) is 72.8 Å². The third kappa shape index (κ3) is 5.09. The molecule has 0 radical (unpaired) electrons. The van der Waals surface area contributed by atoms with E-state index in [1.165, 1.54) is 16.7 Å². The van der Waals surface area contributed by atoms with E-state index in [0.717, 1.165) is 42.6 Å². The quantitative estimate of drug-likeness (QED) is 0.525. The van der Waals surface area contributed by atoms with E-state index < -0.39 is 0 Å². The lowest BCUT2D eigenvalue weighted by Crippen LogP contribution is -2.60. The molecule has 3 aromatic carbocycles. The first-order valence-electron chi connectivity index (χ1n) is 11.0. The van der Waals surface area contributed by atoms with Crippen LogP contribution in [0.3, 0.4) is 0 Å². The zero-order valence-corrected chi connectivity index (χ0v) is 19.7. The van der Waals surface area contributed by atoms with E-state index >= 15 is 0 Å². The number of nitrogens with zero attached hydrogens (tertiary/aromatic N) is 1. The van der Waals surface area contributed by atoms with Crippen LogP contribution in [0.25, 0.3) is 0 Å². The Morgan fingerprint density at radius 3 is 2.31 bits per heavy atom. The number of piperazine rings is 1. The SMILES string of the molecule is COc1ccc(CC2(C)CN(C(c3ccccc3)c3ccc(Cl)cc3)CCN2)cc1OC. The van der Waals surface area contributed by atoms with Crippen molar-refractivity contribution in [1.82, 2.24) is 10.2 Å². The zero-order chi connectivity index (χ0) is 22.6. The predicted molar refractivity (Wildman–Crippen MR) is 131 cm³/mol. The van der Waals surface area contributed by atoms with Gasteiger partial charge in [-0.05, 0) is 54.3 Å². The van der Waals surface area contributed by atoms with Gasteiger partial charge in [0.25, 0.3) is 0 Å². The van der Waals surface area contributed by atoms with Crippen molar-refractivity contribution >= 4 is 11.6 Å². The Labute approximate surface area is 196 Å². The highest BCUT2D eigenvalue weighted by molar-refractivity contribution is 6.30. The van der Waals surface area contributed by atoms with Gasteiger partial charge in [-0.2, -0.15) is 0 Å². The van der Waals surface area contributed by atoms with Gasteiger partial charge in [0.1, 0.15) is 0 Å². The van der Waals surface area contributed by atoms with Crippen LogP contribution in [0.5, 0.6) is 11.5 Å². The average Bonchev–Trinajstić information content (AvgIpc) is 2.81. The van der Waals surface area contributed by atoms with Crippen molar-refractivity contribution in [2.75, 3.05) is 33.9 Å². The second kappa shape index (κ2) is 9.95. The van der Waals surface area contributed by atoms with Gasteiger partial charge >= 0.3 is 0 Å². The van der Waals surface area contributed by atoms with Crippen molar-refractivity contribution in [3.05, 3.63) is 94.5 Å². The fourth-order valence-corrected chi connectivity index (χ4v) is 4.88. The summed E-state index contributed by atoms with van der Waals surface area (Å²) < 4.78 is 10.9. The van der Waals surface area contributed by atoms with Crippen LogP contribution in [0.2, 0.25) is 5.02 Å². The molecule has 0 bridgehead atoms. The molecular weight excluding hydrogens is 420 g/mol. The molecule has 0 spiro atoms. The third-order valence-electron chi connectivity index (χ3n) is 6.21. The topological polar surface area (TPSA) is 33.7 Å². The minimum Gasteiger partial charge on any atom is -0.493 e. The summed E-state index contributed by atoms with van der Waals surface area (Å²) in [5, 5.41) is 4.54. The van der Waals surface area contributed by atoms with Crippen LogP contribution in [-0.4, -0.2) is 44.3 Å². The van der Waals surface area contributed by atoms with Crippen LogP contribution in [0.4, 0.5) is 0 Å². The van der Waals surface area contributed by atoms with Gasteiger partial charge in [0.05, 0.1) is 20.3 Å². The summed E-state index contributed by atoms with van der Waals surface area (Å²) in [7, 11) is 3.35. The molecule has 0 saturated carbocycles. The molecule has 4 nitrogen and oxygen atoms in total. The second-order valence-corrected chi connectivity index (χ2v) is 9.13. The summed E-state index contributed by atoms with van der Waals surface area (Å²) >= 11 is 6.19. The number of hydrogen-bond acceptors (Lipinski definition) is 4. The fourth-order valence-electron chi connectivity index (χ4n) is 4.76. The number of hydrogen-bond donors (Lipinski definition) is 1. The normalized spacial score (nSPS) is 20.0. The van der Waals surface area contributed by atoms with Crippen molar-refractivity contribution in [3.8, 4) is 11.5 Å². The second-order valence-electron chi connectivity index (χ2n) is 8.69. The Bertz CT molecular complexity index is 1030. The first-order chi connectivity index (χ1) is 15.5. The Balaban J connectivity index is 1.61. The van der Waals surface area contributed by atoms with Crippen molar-refractivity contribution < 1.29 is 9.47 Å². The highest BCUT2D eigenvalue weighted by Crippen LogP contribution is 2.34. The maximum Gasteiger partial charge on any atom is 0.160 e. The number of nitrogens with one attached hydrogen (secondary N) is 1. The Hall–Kier alpha value is -2.53. The number of halogens is 1. The van der Waals surface area contributed by atoms with E-state index in [2.05, 4.69) is 71.7 Å². The summed E-state index contributed by atoms with van der Waals surface area (Å²) in [6.45, 7) is 5.13. The van der Waals surface area contributed by atoms with Crippen LogP contribution in [0, 0.1) is 0 Å². The molecule has 1 saturated heterocycles. The first kappa shape index (κ1) is 22.7. The summed E-state index contributed by atoms with van der Waals surface area (Å²) in [6.07, 6.45) is 0.895. The van der Waals surface area contributed by atoms with Gasteiger partial charge in [-0.1, -0.05) is 60.1 Å². The molecule has 1 heterocycles. The van der Waals surface area contributed by atoms with E-state index in [1.54, 1.807) is 14.2 Å². The average molecular weight is 451 g/mol. The van der Waals surface area contributed by atoms with E-state index in [4.69, 9.17) is 21.1 Å². The number of ether oxygens (including phenoxy) is 2. The van der Waals surface area contributed by atoms with E-state index in [0.29, 0.717) is 0 Å². The van der Waals surface area contributed by atoms with Gasteiger partial charge in [0, 0.05) is 30.2 Å². The molecule has 0 aromatic heterocycles. The van der Waals surface area contributed by atoms with Crippen LogP contribution >= 0.6 is 11.6 Å². The molecule has 5 heteroatoms. The van der Waals surface area contributed by atoms with Gasteiger partial charge in [0.15, 0.2) is 11.5 Å². The summed E-state index contributed by atoms with van der Waals surface area (Å²) in [5.74, 6) is 1.52. The van der Waals surface area contributed by atoms with E-state index in [9.17, 15) is 0 Å². The highest BCUT2D eigenvalue weighted by Gasteiger charge is 2.35. The molecule has 3 aromatic rings. The molecule has 0 amide bonds. The van der Waals surface area contributed by atoms with Crippen LogP contribution in [-0.2, 0) is 6.42 Å². The lowest BCUT2D eigenvalue weighted by Gasteiger charge is -2.45. The monoisotopic (exact) mass is 450 g/mol. The summed E-state index contributed by atoms with van der Waals surface area (Å²) in [5.41, 5.74) is 3.71. The van der Waals surface area contributed by atoms with E-state index in [-0.39, 0.29) is 11.6 Å². The largest absolute Gasteiger partial charge is 0.493 e. The number of rotatable bonds is 7. The Morgan fingerprint density at radius 1 is 0.938 bits per heavy atom. The fraction of sp³-hybridized carbons (Fsp3) is 0.333. The van der Waals surface area contributed by atoms with Crippen LogP contribution < -0.4 is 14.8 Å². The number of benzene rings is 3. The molecule has 1 aliphatic heterocycles. The highest BCUT2D eigenvalue weighted by atomic mass is 35.5. The molecule has 4 rings (SSSR count). The maximum absolute atomic E-state index is 6.19. The lowest BCUT2D eigenvalue weighted by molar-refractivity contribution is 0.115. The van der Waals surface area contributed by atoms with Crippen molar-refractivity contribution in [2.45, 2.75) is 24.9 Å². The van der Waals surface area contributed by atoms with Gasteiger partial charge in [0.2, 0.25) is 0 Å². The smallest absolute Gasteiger partial charge is 0.160 e. The van der Waals surface area contributed by atoms with Gasteiger partial charge in [-0.15, -0.1) is 0 Å². The Kier molecular flexibility index (Phi) is 7.04. The zero-order valence-electron chi connectivity index (χ0n) is 19.0. The molecule has 32 heavy (non-hydrogen) atoms. The lowest BCUT2D eigenvalue weighted by atomic mass is 9.88. The molecule has 168 valence electrons. The van der Waals surface area contributed by atoms with Crippen molar-refractivity contribution in [3.63, 3.8) is 0 Å². The third-order valence-corrected chi connectivity index (χ3v) is 6.46. The molecule has 2 atom stereocenters.